The maximum absolute atomic E-state index is 13.5. The fourth-order valence-electron chi connectivity index (χ4n) is 5.41. The van der Waals surface area contributed by atoms with Crippen LogP contribution in [0.3, 0.4) is 0 Å². The second-order valence-electron chi connectivity index (χ2n) is 11.1. The van der Waals surface area contributed by atoms with Crippen LogP contribution in [0.2, 0.25) is 0 Å². The number of nitrogens with zero attached hydrogens (tertiary/aromatic N) is 1. The number of hydrogen-bond donors (Lipinski definition) is 2. The van der Waals surface area contributed by atoms with E-state index in [1.54, 1.807) is 0 Å². The zero-order valence-corrected chi connectivity index (χ0v) is 23.1. The van der Waals surface area contributed by atoms with Crippen LogP contribution in [0.4, 0.5) is 0 Å². The molecule has 204 valence electrons. The van der Waals surface area contributed by atoms with Crippen molar-refractivity contribution in [2.75, 3.05) is 26.4 Å². The second kappa shape index (κ2) is 10.4. The van der Waals surface area contributed by atoms with Crippen molar-refractivity contribution in [3.8, 4) is 11.5 Å². The molecule has 0 bridgehead atoms. The van der Waals surface area contributed by atoms with E-state index in [0.717, 1.165) is 5.56 Å². The fraction of sp³-hybridized carbons (Fsp3) is 0.429. The van der Waals surface area contributed by atoms with E-state index in [0.29, 0.717) is 30.0 Å². The molecule has 0 atom stereocenters. The van der Waals surface area contributed by atoms with Gasteiger partial charge in [-0.2, -0.15) is 4.31 Å². The number of fused-ring (bicyclic) bond motifs is 1. The van der Waals surface area contributed by atoms with Crippen LogP contribution in [0.5, 0.6) is 11.5 Å². The number of sulfonamides is 1. The molecule has 2 heterocycles. The van der Waals surface area contributed by atoms with E-state index in [-0.39, 0.29) is 42.6 Å². The number of nitrogens with one attached hydrogen (secondary N) is 2. The van der Waals surface area contributed by atoms with Gasteiger partial charge in [-0.05, 0) is 65.3 Å². The Kier molecular flexibility index (Phi) is 7.58. The monoisotopic (exact) mass is 541 g/mol. The van der Waals surface area contributed by atoms with Gasteiger partial charge in [-0.3, -0.25) is 9.59 Å². The number of ether oxygens (including phenoxy) is 2. The summed E-state index contributed by atoms with van der Waals surface area (Å²) >= 11 is 0. The first kappa shape index (κ1) is 27.7. The molecule has 0 radical (unpaired) electrons. The van der Waals surface area contributed by atoms with E-state index >= 15 is 0 Å². The highest BCUT2D eigenvalue weighted by atomic mass is 32.2. The topological polar surface area (TPSA) is 114 Å². The van der Waals surface area contributed by atoms with E-state index in [2.05, 4.69) is 17.2 Å². The normalized spacial score (nSPS) is 18.5. The first-order valence-corrected chi connectivity index (χ1v) is 14.0. The molecule has 2 amide bonds. The highest BCUT2D eigenvalue weighted by Crippen LogP contribution is 2.42. The van der Waals surface area contributed by atoms with Gasteiger partial charge in [0.2, 0.25) is 22.7 Å². The molecule has 0 aliphatic carbocycles. The van der Waals surface area contributed by atoms with E-state index < -0.39 is 20.9 Å². The summed E-state index contributed by atoms with van der Waals surface area (Å²) in [6.07, 6.45) is 1.84. The van der Waals surface area contributed by atoms with Crippen LogP contribution in [-0.2, 0) is 21.2 Å². The number of benzene rings is 2. The van der Waals surface area contributed by atoms with Crippen LogP contribution < -0.4 is 20.1 Å². The Labute approximate surface area is 224 Å². The summed E-state index contributed by atoms with van der Waals surface area (Å²) in [5.41, 5.74) is 0.340. The lowest BCUT2D eigenvalue weighted by Crippen LogP contribution is -2.64. The summed E-state index contributed by atoms with van der Waals surface area (Å²) in [5, 5.41) is 5.86. The Hall–Kier alpha value is -3.37. The Morgan fingerprint density at radius 2 is 1.66 bits per heavy atom. The molecular weight excluding hydrogens is 506 g/mol. The molecule has 2 aromatic carbocycles. The third-order valence-corrected chi connectivity index (χ3v) is 8.90. The Balaban J connectivity index is 1.39. The lowest BCUT2D eigenvalue weighted by atomic mass is 9.67. The van der Waals surface area contributed by atoms with Crippen LogP contribution in [0, 0.1) is 10.8 Å². The minimum atomic E-state index is -3.82. The van der Waals surface area contributed by atoms with Gasteiger partial charge in [0.15, 0.2) is 11.5 Å². The number of hydrogen-bond acceptors (Lipinski definition) is 6. The average Bonchev–Trinajstić information content (AvgIpc) is 3.33. The molecule has 2 N–H and O–H groups in total. The lowest BCUT2D eigenvalue weighted by molar-refractivity contribution is -0.120. The van der Waals surface area contributed by atoms with Crippen molar-refractivity contribution in [2.24, 2.45) is 10.8 Å². The minimum Gasteiger partial charge on any atom is -0.454 e. The van der Waals surface area contributed by atoms with Crippen molar-refractivity contribution in [3.63, 3.8) is 0 Å². The summed E-state index contributed by atoms with van der Waals surface area (Å²) in [4.78, 5) is 24.8. The van der Waals surface area contributed by atoms with Crippen molar-refractivity contribution in [2.45, 2.75) is 45.1 Å². The quantitative estimate of drug-likeness (QED) is 0.497. The number of amides is 2. The molecule has 2 aromatic rings. The van der Waals surface area contributed by atoms with E-state index in [1.165, 1.54) is 34.6 Å². The molecule has 4 rings (SSSR count). The second-order valence-corrected chi connectivity index (χ2v) is 13.1. The summed E-state index contributed by atoms with van der Waals surface area (Å²) in [6, 6.07) is 11.4. The molecule has 2 aliphatic heterocycles. The molecule has 38 heavy (non-hydrogen) atoms. The van der Waals surface area contributed by atoms with Gasteiger partial charge in [-0.15, -0.1) is 0 Å². The lowest BCUT2D eigenvalue weighted by Gasteiger charge is -2.52. The third kappa shape index (κ3) is 5.71. The molecule has 0 spiro atoms. The first-order valence-electron chi connectivity index (χ1n) is 12.5. The van der Waals surface area contributed by atoms with E-state index in [9.17, 15) is 18.0 Å². The smallest absolute Gasteiger partial charge is 0.251 e. The van der Waals surface area contributed by atoms with Crippen LogP contribution in [-0.4, -0.2) is 57.0 Å². The molecular formula is C28H35N3O6S. The van der Waals surface area contributed by atoms with Gasteiger partial charge in [0.1, 0.15) is 0 Å². The van der Waals surface area contributed by atoms with Gasteiger partial charge in [0, 0.05) is 31.2 Å². The molecule has 0 aromatic heterocycles. The third-order valence-electron chi connectivity index (χ3n) is 7.09. The van der Waals surface area contributed by atoms with Crippen LogP contribution >= 0.6 is 0 Å². The summed E-state index contributed by atoms with van der Waals surface area (Å²) < 4.78 is 39.2. The van der Waals surface area contributed by atoms with Gasteiger partial charge >= 0.3 is 0 Å². The van der Waals surface area contributed by atoms with Gasteiger partial charge in [-0.25, -0.2) is 8.42 Å². The maximum atomic E-state index is 13.5. The van der Waals surface area contributed by atoms with Gasteiger partial charge in [0.25, 0.3) is 5.91 Å². The van der Waals surface area contributed by atoms with E-state index in [4.69, 9.17) is 9.47 Å². The molecule has 2 aliphatic rings. The highest BCUT2D eigenvalue weighted by molar-refractivity contribution is 7.89. The number of rotatable bonds is 8. The van der Waals surface area contributed by atoms with Crippen molar-refractivity contribution < 1.29 is 27.5 Å². The van der Waals surface area contributed by atoms with Crippen molar-refractivity contribution in [3.05, 3.63) is 66.2 Å². The van der Waals surface area contributed by atoms with Crippen molar-refractivity contribution in [1.29, 1.82) is 0 Å². The predicted molar refractivity (Wildman–Crippen MR) is 143 cm³/mol. The molecule has 10 heteroatoms. The van der Waals surface area contributed by atoms with Gasteiger partial charge in [0.05, 0.1) is 4.90 Å². The van der Waals surface area contributed by atoms with Crippen molar-refractivity contribution >= 4 is 21.8 Å². The maximum Gasteiger partial charge on any atom is 0.251 e. The summed E-state index contributed by atoms with van der Waals surface area (Å²) in [6.45, 7) is 12.4. The summed E-state index contributed by atoms with van der Waals surface area (Å²) in [7, 11) is -3.82. The molecule has 1 fully saturated rings. The molecule has 0 saturated carbocycles. The molecule has 1 saturated heterocycles. The van der Waals surface area contributed by atoms with Gasteiger partial charge in [-0.1, -0.05) is 40.3 Å². The number of carbonyl (C=O) groups excluding carboxylic acids is 2. The van der Waals surface area contributed by atoms with Crippen LogP contribution in [0.1, 0.15) is 43.6 Å². The Bertz CT molecular complexity index is 1320. The predicted octanol–water partition coefficient (Wildman–Crippen LogP) is 3.12. The summed E-state index contributed by atoms with van der Waals surface area (Å²) in [5.74, 6) is 0.847. The Morgan fingerprint density at radius 3 is 2.29 bits per heavy atom. The largest absolute Gasteiger partial charge is 0.454 e. The van der Waals surface area contributed by atoms with Crippen molar-refractivity contribution in [1.82, 2.24) is 14.9 Å². The number of piperidine rings is 1. The molecule has 0 unspecified atom stereocenters. The fourth-order valence-corrected chi connectivity index (χ4v) is 7.20. The molecule has 9 nitrogen and oxygen atoms in total. The van der Waals surface area contributed by atoms with Crippen LogP contribution in [0.15, 0.2) is 60.0 Å². The van der Waals surface area contributed by atoms with Crippen LogP contribution in [0.25, 0.3) is 0 Å². The zero-order valence-electron chi connectivity index (χ0n) is 22.2. The number of carbonyl (C=O) groups is 2. The standard InChI is InChI=1S/C28H35N3O6S/c1-6-24(32)30-26-27(2,3)16-31(17-28(26,4)5)38(34,35)21-10-8-20(9-11-21)25(33)29-14-13-19-7-12-22-23(15-19)37-18-36-22/h6-12,15,26H,1,13-14,16-18H2,2-5H3,(H,29,33)(H,30,32). The average molecular weight is 542 g/mol. The Morgan fingerprint density at radius 1 is 1.03 bits per heavy atom. The first-order chi connectivity index (χ1) is 17.8. The zero-order chi connectivity index (χ0) is 27.7. The van der Waals surface area contributed by atoms with E-state index in [1.807, 2.05) is 45.9 Å². The minimum absolute atomic E-state index is 0.120. The SMILES string of the molecule is C=CC(=O)NC1C(C)(C)CN(S(=O)(=O)c2ccc(C(=O)NCCc3ccc4c(c3)OCO4)cc2)CC1(C)C. The highest BCUT2D eigenvalue weighted by Gasteiger charge is 2.50. The van der Waals surface area contributed by atoms with Gasteiger partial charge < -0.3 is 20.1 Å².